The van der Waals surface area contributed by atoms with Gasteiger partial charge in [0.05, 0.1) is 5.41 Å². The number of amides is 1. The van der Waals surface area contributed by atoms with Crippen molar-refractivity contribution in [3.63, 3.8) is 0 Å². The van der Waals surface area contributed by atoms with Crippen LogP contribution in [0.15, 0.2) is 72.8 Å². The summed E-state index contributed by atoms with van der Waals surface area (Å²) >= 11 is 6.00. The number of nitrogens with one attached hydrogen (secondary N) is 1. The largest absolute Gasteiger partial charge is 0.325 e. The van der Waals surface area contributed by atoms with E-state index in [4.69, 9.17) is 11.6 Å². The molecule has 0 saturated heterocycles. The van der Waals surface area contributed by atoms with E-state index < -0.39 is 5.41 Å². The summed E-state index contributed by atoms with van der Waals surface area (Å²) in [5, 5.41) is 3.79. The minimum Gasteiger partial charge on any atom is -0.325 e. The van der Waals surface area contributed by atoms with Crippen molar-refractivity contribution in [2.24, 2.45) is 0 Å². The highest BCUT2D eigenvalue weighted by atomic mass is 35.5. The fraction of sp³-hybridized carbons (Fsp3) is 0.174. The number of rotatable bonds is 4. The van der Waals surface area contributed by atoms with Crippen LogP contribution in [0.25, 0.3) is 11.1 Å². The first-order chi connectivity index (χ1) is 12.7. The van der Waals surface area contributed by atoms with Crippen LogP contribution in [0.1, 0.15) is 24.8 Å². The second-order valence-corrected chi connectivity index (χ2v) is 7.20. The highest BCUT2D eigenvalue weighted by molar-refractivity contribution is 6.30. The van der Waals surface area contributed by atoms with Gasteiger partial charge in [-0.3, -0.25) is 4.79 Å². The van der Waals surface area contributed by atoms with E-state index in [9.17, 15) is 4.79 Å². The topological polar surface area (TPSA) is 29.1 Å². The van der Waals surface area contributed by atoms with Crippen LogP contribution in [0, 0.1) is 6.07 Å². The number of carbonyl (C=O) groups excluding carboxylic acids is 1. The lowest BCUT2D eigenvalue weighted by Crippen LogP contribution is -2.45. The van der Waals surface area contributed by atoms with Crippen molar-refractivity contribution in [1.82, 2.24) is 0 Å². The Balaban J connectivity index is 1.53. The minimum atomic E-state index is -0.432. The Hall–Kier alpha value is -2.58. The summed E-state index contributed by atoms with van der Waals surface area (Å²) in [6.07, 6.45) is 2.82. The van der Waals surface area contributed by atoms with Gasteiger partial charge in [-0.2, -0.15) is 0 Å². The fourth-order valence-electron chi connectivity index (χ4n) is 3.52. The van der Waals surface area contributed by atoms with Gasteiger partial charge >= 0.3 is 0 Å². The molecule has 0 unspecified atom stereocenters. The third-order valence-corrected chi connectivity index (χ3v) is 5.48. The Bertz CT molecular complexity index is 897. The molecule has 1 fully saturated rings. The summed E-state index contributed by atoms with van der Waals surface area (Å²) in [5.41, 5.74) is 3.69. The van der Waals surface area contributed by atoms with Gasteiger partial charge in [0.2, 0.25) is 5.91 Å². The predicted molar refractivity (Wildman–Crippen MR) is 106 cm³/mol. The number of halogens is 1. The van der Waals surface area contributed by atoms with Gasteiger partial charge in [0.1, 0.15) is 0 Å². The lowest BCUT2D eigenvalue weighted by atomic mass is 9.64. The van der Waals surface area contributed by atoms with E-state index in [1.54, 1.807) is 0 Å². The van der Waals surface area contributed by atoms with Gasteiger partial charge in [-0.25, -0.2) is 0 Å². The van der Waals surface area contributed by atoms with Crippen molar-refractivity contribution in [2.45, 2.75) is 24.7 Å². The number of carbonyl (C=O) groups is 1. The standard InChI is InChI=1S/C23H19ClNO/c24-20-11-9-19(10-12-20)23(15-4-16-23)22(26)25-21-13-7-18(8-14-21)17-5-2-1-3-6-17/h2-3,5-14H,4,15-16H2,(H,25,26). The second kappa shape index (κ2) is 6.97. The van der Waals surface area contributed by atoms with Gasteiger partial charge in [-0.15, -0.1) is 0 Å². The average molecular weight is 361 g/mol. The summed E-state index contributed by atoms with van der Waals surface area (Å²) < 4.78 is 0. The van der Waals surface area contributed by atoms with Gasteiger partial charge < -0.3 is 5.32 Å². The van der Waals surface area contributed by atoms with E-state index >= 15 is 0 Å². The number of benzene rings is 3. The molecular formula is C23H19ClNO. The molecule has 1 aliphatic carbocycles. The molecule has 1 saturated carbocycles. The number of hydrogen-bond acceptors (Lipinski definition) is 1. The van der Waals surface area contributed by atoms with Crippen molar-refractivity contribution in [3.05, 3.63) is 89.4 Å². The zero-order valence-corrected chi connectivity index (χ0v) is 15.1. The molecule has 3 aromatic rings. The minimum absolute atomic E-state index is 0.0631. The molecule has 1 N–H and O–H groups in total. The van der Waals surface area contributed by atoms with E-state index in [-0.39, 0.29) is 5.91 Å². The highest BCUT2D eigenvalue weighted by Crippen LogP contribution is 2.44. The zero-order chi connectivity index (χ0) is 18.0. The van der Waals surface area contributed by atoms with E-state index in [2.05, 4.69) is 11.4 Å². The Kier molecular flexibility index (Phi) is 4.52. The van der Waals surface area contributed by atoms with E-state index in [1.165, 1.54) is 0 Å². The zero-order valence-electron chi connectivity index (χ0n) is 14.3. The smallest absolute Gasteiger partial charge is 0.235 e. The van der Waals surface area contributed by atoms with Crippen molar-refractivity contribution < 1.29 is 4.79 Å². The highest BCUT2D eigenvalue weighted by Gasteiger charge is 2.45. The molecule has 0 bridgehead atoms. The quantitative estimate of drug-likeness (QED) is 0.619. The summed E-state index contributed by atoms with van der Waals surface area (Å²) in [6, 6.07) is 26.5. The third-order valence-electron chi connectivity index (χ3n) is 5.23. The lowest BCUT2D eigenvalue weighted by molar-refractivity contribution is -0.124. The maximum absolute atomic E-state index is 13.0. The fourth-order valence-corrected chi connectivity index (χ4v) is 3.65. The van der Waals surface area contributed by atoms with Crippen LogP contribution in [0.3, 0.4) is 0 Å². The Morgan fingerprint density at radius 3 is 2.08 bits per heavy atom. The molecule has 1 radical (unpaired) electrons. The SMILES string of the molecule is O=C(Nc1ccc(-c2cc[c]cc2)cc1)C1(c2ccc(Cl)cc2)CCC1. The molecular weight excluding hydrogens is 342 g/mol. The van der Waals surface area contributed by atoms with Crippen molar-refractivity contribution >= 4 is 23.2 Å². The first-order valence-corrected chi connectivity index (χ1v) is 9.19. The normalized spacial score (nSPS) is 15.1. The number of anilines is 1. The average Bonchev–Trinajstić information content (AvgIpc) is 2.64. The predicted octanol–water partition coefficient (Wildman–Crippen LogP) is 5.87. The van der Waals surface area contributed by atoms with Crippen LogP contribution in [-0.4, -0.2) is 5.91 Å². The molecule has 0 spiro atoms. The molecule has 0 atom stereocenters. The van der Waals surface area contributed by atoms with E-state index in [1.807, 2.05) is 72.8 Å². The molecule has 3 aromatic carbocycles. The van der Waals surface area contributed by atoms with Crippen LogP contribution in [0.4, 0.5) is 5.69 Å². The maximum atomic E-state index is 13.0. The van der Waals surface area contributed by atoms with E-state index in [0.717, 1.165) is 41.6 Å². The molecule has 129 valence electrons. The van der Waals surface area contributed by atoms with Crippen LogP contribution in [0.2, 0.25) is 5.02 Å². The van der Waals surface area contributed by atoms with Crippen molar-refractivity contribution in [2.75, 3.05) is 5.32 Å². The molecule has 1 amide bonds. The third kappa shape index (κ3) is 3.13. The van der Waals surface area contributed by atoms with Crippen LogP contribution in [-0.2, 0) is 10.2 Å². The summed E-state index contributed by atoms with van der Waals surface area (Å²) in [6.45, 7) is 0. The van der Waals surface area contributed by atoms with Gasteiger partial charge in [-0.1, -0.05) is 66.6 Å². The maximum Gasteiger partial charge on any atom is 0.235 e. The van der Waals surface area contributed by atoms with Gasteiger partial charge in [0.25, 0.3) is 0 Å². The van der Waals surface area contributed by atoms with Crippen LogP contribution < -0.4 is 5.32 Å². The lowest BCUT2D eigenvalue weighted by Gasteiger charge is -2.40. The first kappa shape index (κ1) is 16.9. The number of hydrogen-bond donors (Lipinski definition) is 1. The molecule has 1 aliphatic rings. The summed E-state index contributed by atoms with van der Waals surface area (Å²) in [7, 11) is 0. The molecule has 3 heteroatoms. The van der Waals surface area contributed by atoms with Crippen LogP contribution >= 0.6 is 11.6 Å². The van der Waals surface area contributed by atoms with Gasteiger partial charge in [-0.05, 0) is 59.9 Å². The monoisotopic (exact) mass is 360 g/mol. The summed E-state index contributed by atoms with van der Waals surface area (Å²) in [5.74, 6) is 0.0631. The molecule has 0 aliphatic heterocycles. The molecule has 26 heavy (non-hydrogen) atoms. The molecule has 0 aromatic heterocycles. The van der Waals surface area contributed by atoms with Crippen molar-refractivity contribution in [3.8, 4) is 11.1 Å². The summed E-state index contributed by atoms with van der Waals surface area (Å²) in [4.78, 5) is 13.0. The Morgan fingerprint density at radius 2 is 1.50 bits per heavy atom. The molecule has 4 rings (SSSR count). The molecule has 0 heterocycles. The van der Waals surface area contributed by atoms with Gasteiger partial charge in [0.15, 0.2) is 0 Å². The Labute approximate surface area is 158 Å². The molecule has 2 nitrogen and oxygen atoms in total. The second-order valence-electron chi connectivity index (χ2n) is 6.76. The van der Waals surface area contributed by atoms with E-state index in [0.29, 0.717) is 5.02 Å². The first-order valence-electron chi connectivity index (χ1n) is 8.81. The van der Waals surface area contributed by atoms with Crippen molar-refractivity contribution in [1.29, 1.82) is 0 Å². The van der Waals surface area contributed by atoms with Crippen LogP contribution in [0.5, 0.6) is 0 Å². The Morgan fingerprint density at radius 1 is 0.885 bits per heavy atom. The van der Waals surface area contributed by atoms with Gasteiger partial charge in [0, 0.05) is 10.7 Å².